The van der Waals surface area contributed by atoms with E-state index in [2.05, 4.69) is 32.0 Å². The van der Waals surface area contributed by atoms with Crippen molar-refractivity contribution in [3.05, 3.63) is 69.9 Å². The van der Waals surface area contributed by atoms with Crippen molar-refractivity contribution in [3.63, 3.8) is 0 Å². The SMILES string of the molecule is Cc1ccc(C)c(CC(O)c2cc3cc(Cl)ccc3o2)c1. The predicted molar refractivity (Wildman–Crippen MR) is 85.8 cm³/mol. The predicted octanol–water partition coefficient (Wildman–Crippen LogP) is 4.98. The summed E-state index contributed by atoms with van der Waals surface area (Å²) in [5, 5.41) is 12.0. The molecule has 2 nitrogen and oxygen atoms in total. The van der Waals surface area contributed by atoms with Crippen LogP contribution in [-0.2, 0) is 6.42 Å². The van der Waals surface area contributed by atoms with E-state index in [1.165, 1.54) is 11.1 Å². The molecule has 21 heavy (non-hydrogen) atoms. The molecule has 0 fully saturated rings. The number of furan rings is 1. The van der Waals surface area contributed by atoms with Crippen LogP contribution >= 0.6 is 11.6 Å². The highest BCUT2D eigenvalue weighted by molar-refractivity contribution is 6.31. The fourth-order valence-corrected chi connectivity index (χ4v) is 2.71. The second-order valence-electron chi connectivity index (χ2n) is 5.48. The van der Waals surface area contributed by atoms with E-state index < -0.39 is 6.10 Å². The van der Waals surface area contributed by atoms with Gasteiger partial charge in [0.1, 0.15) is 17.4 Å². The number of halogens is 1. The maximum Gasteiger partial charge on any atom is 0.134 e. The van der Waals surface area contributed by atoms with E-state index in [4.69, 9.17) is 16.0 Å². The second-order valence-corrected chi connectivity index (χ2v) is 5.92. The number of aryl methyl sites for hydroxylation is 2. The average Bonchev–Trinajstić information content (AvgIpc) is 2.86. The summed E-state index contributed by atoms with van der Waals surface area (Å²) in [6.45, 7) is 4.11. The molecule has 1 atom stereocenters. The summed E-state index contributed by atoms with van der Waals surface area (Å²) < 4.78 is 5.72. The monoisotopic (exact) mass is 300 g/mol. The third-order valence-electron chi connectivity index (χ3n) is 3.74. The van der Waals surface area contributed by atoms with Crippen LogP contribution in [0, 0.1) is 13.8 Å². The van der Waals surface area contributed by atoms with E-state index in [-0.39, 0.29) is 0 Å². The third kappa shape index (κ3) is 2.97. The molecule has 0 saturated heterocycles. The first-order valence-corrected chi connectivity index (χ1v) is 7.34. The Balaban J connectivity index is 1.89. The number of aliphatic hydroxyl groups is 1. The first-order chi connectivity index (χ1) is 10.0. The first-order valence-electron chi connectivity index (χ1n) is 6.96. The molecule has 3 rings (SSSR count). The molecule has 0 amide bonds. The summed E-state index contributed by atoms with van der Waals surface area (Å²) in [7, 11) is 0. The lowest BCUT2D eigenvalue weighted by molar-refractivity contribution is 0.152. The molecule has 0 saturated carbocycles. The van der Waals surface area contributed by atoms with Crippen molar-refractivity contribution in [1.82, 2.24) is 0 Å². The molecule has 2 aromatic carbocycles. The van der Waals surface area contributed by atoms with Crippen LogP contribution in [0.1, 0.15) is 28.6 Å². The summed E-state index contributed by atoms with van der Waals surface area (Å²) in [6, 6.07) is 13.6. The van der Waals surface area contributed by atoms with Gasteiger partial charge >= 0.3 is 0 Å². The molecule has 3 aromatic rings. The lowest BCUT2D eigenvalue weighted by Gasteiger charge is -2.11. The summed E-state index contributed by atoms with van der Waals surface area (Å²) in [5.74, 6) is 0.577. The summed E-state index contributed by atoms with van der Waals surface area (Å²) in [4.78, 5) is 0. The van der Waals surface area contributed by atoms with Crippen LogP contribution in [0.15, 0.2) is 46.9 Å². The summed E-state index contributed by atoms with van der Waals surface area (Å²) in [6.07, 6.45) is -0.113. The molecule has 3 heteroatoms. The van der Waals surface area contributed by atoms with E-state index in [9.17, 15) is 5.11 Å². The Morgan fingerprint density at radius 3 is 2.71 bits per heavy atom. The Bertz CT molecular complexity index is 789. The minimum atomic E-state index is -0.656. The van der Waals surface area contributed by atoms with E-state index in [1.807, 2.05) is 18.2 Å². The van der Waals surface area contributed by atoms with Gasteiger partial charge in [-0.2, -0.15) is 0 Å². The van der Waals surface area contributed by atoms with Crippen molar-refractivity contribution < 1.29 is 9.52 Å². The molecule has 0 aliphatic rings. The van der Waals surface area contributed by atoms with Gasteiger partial charge in [-0.05, 0) is 49.2 Å². The summed E-state index contributed by atoms with van der Waals surface area (Å²) in [5.41, 5.74) is 4.26. The Morgan fingerprint density at radius 1 is 1.10 bits per heavy atom. The lowest BCUT2D eigenvalue weighted by atomic mass is 9.99. The standard InChI is InChI=1S/C18H17ClO2/c1-11-3-4-12(2)13(7-11)9-16(20)18-10-14-8-15(19)5-6-17(14)21-18/h3-8,10,16,20H,9H2,1-2H3. The van der Waals surface area contributed by atoms with Gasteiger partial charge in [-0.15, -0.1) is 0 Å². The van der Waals surface area contributed by atoms with Gasteiger partial charge in [0.25, 0.3) is 0 Å². The summed E-state index contributed by atoms with van der Waals surface area (Å²) >= 11 is 5.97. The molecule has 0 aliphatic carbocycles. The highest BCUT2D eigenvalue weighted by Gasteiger charge is 2.15. The van der Waals surface area contributed by atoms with Gasteiger partial charge in [-0.25, -0.2) is 0 Å². The zero-order valence-corrected chi connectivity index (χ0v) is 12.8. The van der Waals surface area contributed by atoms with Gasteiger partial charge in [-0.3, -0.25) is 0 Å². The minimum absolute atomic E-state index is 0.543. The van der Waals surface area contributed by atoms with Crippen molar-refractivity contribution in [2.45, 2.75) is 26.4 Å². The molecular weight excluding hydrogens is 284 g/mol. The zero-order chi connectivity index (χ0) is 15.0. The molecule has 0 spiro atoms. The highest BCUT2D eigenvalue weighted by Crippen LogP contribution is 2.28. The lowest BCUT2D eigenvalue weighted by Crippen LogP contribution is -2.02. The van der Waals surface area contributed by atoms with Gasteiger partial charge in [-0.1, -0.05) is 35.4 Å². The number of fused-ring (bicyclic) bond motifs is 1. The molecule has 1 aromatic heterocycles. The van der Waals surface area contributed by atoms with Crippen molar-refractivity contribution in [2.75, 3.05) is 0 Å². The zero-order valence-electron chi connectivity index (χ0n) is 12.1. The molecule has 0 aliphatic heterocycles. The largest absolute Gasteiger partial charge is 0.458 e. The van der Waals surface area contributed by atoms with Crippen LogP contribution in [0.4, 0.5) is 0 Å². The molecule has 1 heterocycles. The van der Waals surface area contributed by atoms with Crippen LogP contribution in [0.3, 0.4) is 0 Å². The van der Waals surface area contributed by atoms with E-state index in [0.29, 0.717) is 17.2 Å². The van der Waals surface area contributed by atoms with Crippen LogP contribution < -0.4 is 0 Å². The normalized spacial score (nSPS) is 12.8. The van der Waals surface area contributed by atoms with Gasteiger partial charge in [0.2, 0.25) is 0 Å². The van der Waals surface area contributed by atoms with E-state index in [0.717, 1.165) is 16.5 Å². The number of hydrogen-bond donors (Lipinski definition) is 1. The minimum Gasteiger partial charge on any atom is -0.458 e. The van der Waals surface area contributed by atoms with Crippen LogP contribution in [0.25, 0.3) is 11.0 Å². The van der Waals surface area contributed by atoms with Crippen molar-refractivity contribution in [2.24, 2.45) is 0 Å². The van der Waals surface area contributed by atoms with Crippen LogP contribution in [-0.4, -0.2) is 5.11 Å². The topological polar surface area (TPSA) is 33.4 Å². The number of hydrogen-bond acceptors (Lipinski definition) is 2. The number of aliphatic hydroxyl groups excluding tert-OH is 1. The second kappa shape index (κ2) is 5.55. The molecule has 108 valence electrons. The van der Waals surface area contributed by atoms with Gasteiger partial charge < -0.3 is 9.52 Å². The van der Waals surface area contributed by atoms with Gasteiger partial charge in [0, 0.05) is 16.8 Å². The molecule has 1 N–H and O–H groups in total. The van der Waals surface area contributed by atoms with Crippen LogP contribution in [0.2, 0.25) is 5.02 Å². The smallest absolute Gasteiger partial charge is 0.134 e. The Morgan fingerprint density at radius 2 is 1.90 bits per heavy atom. The van der Waals surface area contributed by atoms with Crippen LogP contribution in [0.5, 0.6) is 0 Å². The maximum atomic E-state index is 10.4. The van der Waals surface area contributed by atoms with Crippen molar-refractivity contribution in [3.8, 4) is 0 Å². The molecule has 0 bridgehead atoms. The van der Waals surface area contributed by atoms with Crippen molar-refractivity contribution >= 4 is 22.6 Å². The number of rotatable bonds is 3. The van der Waals surface area contributed by atoms with Gasteiger partial charge in [0.05, 0.1) is 0 Å². The van der Waals surface area contributed by atoms with E-state index in [1.54, 1.807) is 6.07 Å². The highest BCUT2D eigenvalue weighted by atomic mass is 35.5. The van der Waals surface area contributed by atoms with E-state index >= 15 is 0 Å². The molecule has 1 unspecified atom stereocenters. The Kier molecular flexibility index (Phi) is 3.75. The maximum absolute atomic E-state index is 10.4. The fourth-order valence-electron chi connectivity index (χ4n) is 2.53. The Labute approximate surface area is 129 Å². The third-order valence-corrected chi connectivity index (χ3v) is 3.98. The molecular formula is C18H17ClO2. The Hall–Kier alpha value is -1.77. The molecule has 0 radical (unpaired) electrons. The van der Waals surface area contributed by atoms with Gasteiger partial charge in [0.15, 0.2) is 0 Å². The average molecular weight is 301 g/mol. The quantitative estimate of drug-likeness (QED) is 0.740. The number of benzene rings is 2. The fraction of sp³-hybridized carbons (Fsp3) is 0.222. The first kappa shape index (κ1) is 14.2. The van der Waals surface area contributed by atoms with Crippen molar-refractivity contribution in [1.29, 1.82) is 0 Å².